The van der Waals surface area contributed by atoms with Crippen molar-refractivity contribution < 1.29 is 4.39 Å². The van der Waals surface area contributed by atoms with E-state index in [0.717, 1.165) is 30.3 Å². The Morgan fingerprint density at radius 1 is 1.19 bits per heavy atom. The third-order valence-electron chi connectivity index (χ3n) is 5.23. The van der Waals surface area contributed by atoms with E-state index in [1.54, 1.807) is 6.07 Å². The summed E-state index contributed by atoms with van der Waals surface area (Å²) in [5.74, 6) is 0.679. The Morgan fingerprint density at radius 2 is 1.95 bits per heavy atom. The SMILES string of the molecule is Cc1ccc(F)c(N2CC(C3CCCCC3)NCC2C)c1. The van der Waals surface area contributed by atoms with E-state index in [1.807, 2.05) is 19.1 Å². The van der Waals surface area contributed by atoms with E-state index in [4.69, 9.17) is 0 Å². The number of rotatable bonds is 2. The highest BCUT2D eigenvalue weighted by Gasteiger charge is 2.32. The molecule has 2 fully saturated rings. The minimum absolute atomic E-state index is 0.0863. The number of halogens is 1. The van der Waals surface area contributed by atoms with E-state index in [1.165, 1.54) is 32.1 Å². The van der Waals surface area contributed by atoms with Crippen LogP contribution in [-0.2, 0) is 0 Å². The minimum Gasteiger partial charge on any atom is -0.364 e. The molecule has 1 aliphatic carbocycles. The van der Waals surface area contributed by atoms with Crippen LogP contribution in [-0.4, -0.2) is 25.2 Å². The number of aryl methyl sites for hydroxylation is 1. The predicted octanol–water partition coefficient (Wildman–Crippen LogP) is 3.88. The van der Waals surface area contributed by atoms with Gasteiger partial charge in [-0.3, -0.25) is 0 Å². The zero-order valence-corrected chi connectivity index (χ0v) is 13.2. The summed E-state index contributed by atoms with van der Waals surface area (Å²) in [5, 5.41) is 3.71. The minimum atomic E-state index is -0.0863. The van der Waals surface area contributed by atoms with Gasteiger partial charge in [-0.2, -0.15) is 0 Å². The molecule has 1 aromatic rings. The van der Waals surface area contributed by atoms with Crippen molar-refractivity contribution in [1.82, 2.24) is 5.32 Å². The van der Waals surface area contributed by atoms with Crippen LogP contribution in [0.1, 0.15) is 44.6 Å². The maximum atomic E-state index is 14.2. The molecule has 0 bridgehead atoms. The second-order valence-corrected chi connectivity index (χ2v) is 6.87. The van der Waals surface area contributed by atoms with Crippen LogP contribution in [0.25, 0.3) is 0 Å². The highest BCUT2D eigenvalue weighted by molar-refractivity contribution is 5.51. The van der Waals surface area contributed by atoms with Gasteiger partial charge in [-0.1, -0.05) is 25.3 Å². The molecule has 1 aliphatic heterocycles. The van der Waals surface area contributed by atoms with Gasteiger partial charge in [0.15, 0.2) is 0 Å². The van der Waals surface area contributed by atoms with Crippen molar-refractivity contribution in [2.24, 2.45) is 5.92 Å². The quantitative estimate of drug-likeness (QED) is 0.889. The highest BCUT2D eigenvalue weighted by atomic mass is 19.1. The molecule has 116 valence electrons. The van der Waals surface area contributed by atoms with Crippen LogP contribution in [0.3, 0.4) is 0 Å². The van der Waals surface area contributed by atoms with Gasteiger partial charge >= 0.3 is 0 Å². The molecule has 1 saturated carbocycles. The lowest BCUT2D eigenvalue weighted by molar-refractivity contribution is 0.244. The summed E-state index contributed by atoms with van der Waals surface area (Å²) in [7, 11) is 0. The van der Waals surface area contributed by atoms with Crippen molar-refractivity contribution in [3.05, 3.63) is 29.6 Å². The van der Waals surface area contributed by atoms with Gasteiger partial charge < -0.3 is 10.2 Å². The average Bonchev–Trinajstić information content (AvgIpc) is 2.51. The molecule has 0 amide bonds. The van der Waals surface area contributed by atoms with Crippen molar-refractivity contribution in [3.8, 4) is 0 Å². The standard InChI is InChI=1S/C18H27FN2/c1-13-8-9-16(19)18(10-13)21-12-17(20-11-14(21)2)15-6-4-3-5-7-15/h8-10,14-15,17,20H,3-7,11-12H2,1-2H3. The third kappa shape index (κ3) is 3.23. The summed E-state index contributed by atoms with van der Waals surface area (Å²) >= 11 is 0. The topological polar surface area (TPSA) is 15.3 Å². The fraction of sp³-hybridized carbons (Fsp3) is 0.667. The average molecular weight is 290 g/mol. The fourth-order valence-electron chi connectivity index (χ4n) is 3.92. The molecular formula is C18H27FN2. The molecule has 21 heavy (non-hydrogen) atoms. The summed E-state index contributed by atoms with van der Waals surface area (Å²) in [4.78, 5) is 2.28. The number of hydrogen-bond acceptors (Lipinski definition) is 2. The summed E-state index contributed by atoms with van der Waals surface area (Å²) in [6.07, 6.45) is 6.76. The first-order chi connectivity index (χ1) is 10.1. The normalized spacial score (nSPS) is 27.9. The largest absolute Gasteiger partial charge is 0.364 e. The Bertz CT molecular complexity index is 482. The summed E-state index contributed by atoms with van der Waals surface area (Å²) < 4.78 is 14.2. The second kappa shape index (κ2) is 6.35. The van der Waals surface area contributed by atoms with Gasteiger partial charge in [0, 0.05) is 25.2 Å². The zero-order valence-electron chi connectivity index (χ0n) is 13.2. The third-order valence-corrected chi connectivity index (χ3v) is 5.23. The first kappa shape index (κ1) is 14.8. The molecule has 2 nitrogen and oxygen atoms in total. The molecule has 1 saturated heterocycles. The van der Waals surface area contributed by atoms with E-state index in [-0.39, 0.29) is 5.82 Å². The van der Waals surface area contributed by atoms with Crippen molar-refractivity contribution in [1.29, 1.82) is 0 Å². The lowest BCUT2D eigenvalue weighted by Gasteiger charge is -2.44. The number of benzene rings is 1. The molecular weight excluding hydrogens is 263 g/mol. The molecule has 2 atom stereocenters. The van der Waals surface area contributed by atoms with Crippen LogP contribution in [0.5, 0.6) is 0 Å². The van der Waals surface area contributed by atoms with E-state index in [0.29, 0.717) is 12.1 Å². The second-order valence-electron chi connectivity index (χ2n) is 6.87. The summed E-state index contributed by atoms with van der Waals surface area (Å²) in [6.45, 7) is 6.11. The fourth-order valence-corrected chi connectivity index (χ4v) is 3.92. The van der Waals surface area contributed by atoms with Gasteiger partial charge in [0.05, 0.1) is 5.69 Å². The van der Waals surface area contributed by atoms with Crippen molar-refractivity contribution >= 4 is 5.69 Å². The molecule has 2 unspecified atom stereocenters. The van der Waals surface area contributed by atoms with Gasteiger partial charge in [-0.15, -0.1) is 0 Å². The van der Waals surface area contributed by atoms with Crippen molar-refractivity contribution in [2.75, 3.05) is 18.0 Å². The molecule has 3 heteroatoms. The molecule has 0 spiro atoms. The first-order valence-electron chi connectivity index (χ1n) is 8.41. The van der Waals surface area contributed by atoms with E-state index in [2.05, 4.69) is 17.1 Å². The molecule has 1 aromatic carbocycles. The lowest BCUT2D eigenvalue weighted by Crippen LogP contribution is -2.58. The van der Waals surface area contributed by atoms with Crippen LogP contribution < -0.4 is 10.2 Å². The Hall–Kier alpha value is -1.09. The molecule has 0 aromatic heterocycles. The molecule has 2 aliphatic rings. The number of hydrogen-bond donors (Lipinski definition) is 1. The van der Waals surface area contributed by atoms with Crippen molar-refractivity contribution in [2.45, 2.75) is 58.0 Å². The molecule has 1 N–H and O–H groups in total. The zero-order chi connectivity index (χ0) is 14.8. The maximum absolute atomic E-state index is 14.2. The predicted molar refractivity (Wildman–Crippen MR) is 86.3 cm³/mol. The van der Waals surface area contributed by atoms with Crippen LogP contribution in [0.4, 0.5) is 10.1 Å². The van der Waals surface area contributed by atoms with E-state index >= 15 is 0 Å². The molecule has 0 radical (unpaired) electrons. The summed E-state index contributed by atoms with van der Waals surface area (Å²) in [5.41, 5.74) is 1.91. The first-order valence-corrected chi connectivity index (χ1v) is 8.41. The Balaban J connectivity index is 1.78. The van der Waals surface area contributed by atoms with Crippen LogP contribution in [0, 0.1) is 18.7 Å². The number of anilines is 1. The number of nitrogens with zero attached hydrogens (tertiary/aromatic N) is 1. The van der Waals surface area contributed by atoms with Gasteiger partial charge in [-0.25, -0.2) is 4.39 Å². The highest BCUT2D eigenvalue weighted by Crippen LogP contribution is 2.31. The molecule has 3 rings (SSSR count). The van der Waals surface area contributed by atoms with E-state index in [9.17, 15) is 4.39 Å². The van der Waals surface area contributed by atoms with E-state index < -0.39 is 0 Å². The number of piperazine rings is 1. The Labute approximate surface area is 127 Å². The summed E-state index contributed by atoms with van der Waals surface area (Å²) in [6, 6.07) is 6.32. The van der Waals surface area contributed by atoms with Crippen LogP contribution in [0.15, 0.2) is 18.2 Å². The van der Waals surface area contributed by atoms with Crippen LogP contribution in [0.2, 0.25) is 0 Å². The Morgan fingerprint density at radius 3 is 2.71 bits per heavy atom. The Kier molecular flexibility index (Phi) is 4.48. The van der Waals surface area contributed by atoms with Crippen molar-refractivity contribution in [3.63, 3.8) is 0 Å². The molecule has 1 heterocycles. The lowest BCUT2D eigenvalue weighted by atomic mass is 9.82. The van der Waals surface area contributed by atoms with Gasteiger partial charge in [0.1, 0.15) is 5.82 Å². The van der Waals surface area contributed by atoms with Crippen LogP contribution >= 0.6 is 0 Å². The van der Waals surface area contributed by atoms with Gasteiger partial charge in [0.2, 0.25) is 0 Å². The number of nitrogens with one attached hydrogen (secondary N) is 1. The smallest absolute Gasteiger partial charge is 0.146 e. The van der Waals surface area contributed by atoms with Gasteiger partial charge in [0.25, 0.3) is 0 Å². The van der Waals surface area contributed by atoms with Gasteiger partial charge in [-0.05, 0) is 50.3 Å². The maximum Gasteiger partial charge on any atom is 0.146 e. The monoisotopic (exact) mass is 290 g/mol.